The number of hydrogen-bond donors (Lipinski definition) is 0. The molecule has 1 spiro atoms. The van der Waals surface area contributed by atoms with Crippen molar-refractivity contribution < 1.29 is 0 Å². The second kappa shape index (κ2) is 2.45. The first kappa shape index (κ1) is 9.40. The minimum absolute atomic E-state index is 0.0330. The van der Waals surface area contributed by atoms with Gasteiger partial charge in [-0.25, -0.2) is 0 Å². The maximum absolute atomic E-state index is 9.19. The van der Waals surface area contributed by atoms with Crippen LogP contribution in [0.3, 0.4) is 0 Å². The molecule has 2 saturated carbocycles. The summed E-state index contributed by atoms with van der Waals surface area (Å²) in [6.07, 6.45) is 5.05. The van der Waals surface area contributed by atoms with Gasteiger partial charge in [-0.1, -0.05) is 20.8 Å². The van der Waals surface area contributed by atoms with Gasteiger partial charge in [-0.3, -0.25) is 0 Å². The molecule has 13 heavy (non-hydrogen) atoms. The number of hydrogen-bond acceptors (Lipinski definition) is 2. The fraction of sp³-hybridized carbons (Fsp3) is 0.909. The van der Waals surface area contributed by atoms with E-state index >= 15 is 0 Å². The summed E-state index contributed by atoms with van der Waals surface area (Å²) in [6.45, 7) is 6.61. The van der Waals surface area contributed by atoms with Crippen LogP contribution in [-0.4, -0.2) is 9.49 Å². The van der Waals surface area contributed by atoms with E-state index in [1.54, 1.807) is 0 Å². The molecule has 0 bridgehead atoms. The van der Waals surface area contributed by atoms with Crippen LogP contribution in [0, 0.1) is 16.7 Å². The lowest BCUT2D eigenvalue weighted by Gasteiger charge is -2.46. The van der Waals surface area contributed by atoms with Crippen LogP contribution in [0.5, 0.6) is 0 Å². The van der Waals surface area contributed by atoms with Gasteiger partial charge in [0.15, 0.2) is 0 Å². The predicted octanol–water partition coefficient (Wildman–Crippen LogP) is 3.35. The summed E-state index contributed by atoms with van der Waals surface area (Å²) in [7, 11) is 0. The van der Waals surface area contributed by atoms with Crippen molar-refractivity contribution in [2.45, 2.75) is 55.9 Å². The van der Waals surface area contributed by atoms with Crippen molar-refractivity contribution in [3.63, 3.8) is 0 Å². The Morgan fingerprint density at radius 1 is 1.23 bits per heavy atom. The Morgan fingerprint density at radius 3 is 2.08 bits per heavy atom. The lowest BCUT2D eigenvalue weighted by molar-refractivity contribution is 0.249. The van der Waals surface area contributed by atoms with Crippen LogP contribution in [0.15, 0.2) is 0 Å². The first-order valence-corrected chi connectivity index (χ1v) is 5.82. The minimum atomic E-state index is -0.0330. The van der Waals surface area contributed by atoms with Crippen LogP contribution in [0.1, 0.15) is 46.5 Å². The summed E-state index contributed by atoms with van der Waals surface area (Å²) in [4.78, 5) is 0. The number of rotatable bonds is 1. The van der Waals surface area contributed by atoms with Crippen molar-refractivity contribution in [3.05, 3.63) is 0 Å². The summed E-state index contributed by atoms with van der Waals surface area (Å²) in [6, 6.07) is 2.53. The lowest BCUT2D eigenvalue weighted by atomic mass is 9.72. The highest BCUT2D eigenvalue weighted by Crippen LogP contribution is 2.69. The molecule has 0 aromatic heterocycles. The van der Waals surface area contributed by atoms with Crippen LogP contribution in [0.4, 0.5) is 0 Å². The van der Waals surface area contributed by atoms with Gasteiger partial charge in [-0.05, 0) is 31.1 Å². The molecular formula is C11H17NS. The number of thioether (sulfide) groups is 1. The van der Waals surface area contributed by atoms with Gasteiger partial charge in [0, 0.05) is 4.75 Å². The molecule has 0 aromatic carbocycles. The number of nitriles is 1. The third-order valence-corrected chi connectivity index (χ3v) is 4.37. The molecule has 2 rings (SSSR count). The predicted molar refractivity (Wildman–Crippen MR) is 56.6 cm³/mol. The Labute approximate surface area is 84.9 Å². The molecule has 0 aliphatic heterocycles. The third-order valence-electron chi connectivity index (χ3n) is 2.98. The Hall–Kier alpha value is -0.160. The van der Waals surface area contributed by atoms with Gasteiger partial charge >= 0.3 is 0 Å². The van der Waals surface area contributed by atoms with Gasteiger partial charge in [-0.15, -0.1) is 11.8 Å². The molecule has 2 aliphatic rings. The highest BCUT2D eigenvalue weighted by atomic mass is 32.2. The van der Waals surface area contributed by atoms with Gasteiger partial charge in [0.25, 0.3) is 0 Å². The summed E-state index contributed by atoms with van der Waals surface area (Å²) in [5.74, 6) is 0. The van der Waals surface area contributed by atoms with Crippen molar-refractivity contribution in [1.82, 2.24) is 0 Å². The van der Waals surface area contributed by atoms with Crippen LogP contribution >= 0.6 is 11.8 Å². The largest absolute Gasteiger partial charge is 0.197 e. The van der Waals surface area contributed by atoms with Gasteiger partial charge in [0.05, 0.1) is 6.07 Å². The maximum atomic E-state index is 9.19. The molecule has 0 saturated heterocycles. The second-order valence-electron chi connectivity index (χ2n) is 5.67. The molecule has 0 aromatic rings. The molecule has 72 valence electrons. The molecule has 0 radical (unpaired) electrons. The van der Waals surface area contributed by atoms with Gasteiger partial charge in [-0.2, -0.15) is 5.26 Å². The van der Waals surface area contributed by atoms with E-state index in [0.717, 1.165) is 12.8 Å². The summed E-state index contributed by atoms with van der Waals surface area (Å²) in [5, 5.41) is 9.19. The quantitative estimate of drug-likeness (QED) is 0.640. The van der Waals surface area contributed by atoms with Gasteiger partial charge in [0.1, 0.15) is 4.75 Å². The third kappa shape index (κ3) is 1.72. The van der Waals surface area contributed by atoms with E-state index in [1.807, 2.05) is 11.8 Å². The number of nitrogens with zero attached hydrogens (tertiary/aromatic N) is 1. The fourth-order valence-corrected chi connectivity index (χ4v) is 4.42. The highest BCUT2D eigenvalue weighted by Gasteiger charge is 2.62. The van der Waals surface area contributed by atoms with Gasteiger partial charge < -0.3 is 0 Å². The van der Waals surface area contributed by atoms with Crippen molar-refractivity contribution in [2.24, 2.45) is 5.41 Å². The van der Waals surface area contributed by atoms with E-state index in [1.165, 1.54) is 12.8 Å². The summed E-state index contributed by atoms with van der Waals surface area (Å²) in [5.41, 5.74) is 0.633. The molecule has 0 unspecified atom stereocenters. The monoisotopic (exact) mass is 195 g/mol. The van der Waals surface area contributed by atoms with Gasteiger partial charge in [0.2, 0.25) is 0 Å². The molecule has 0 atom stereocenters. The first-order valence-electron chi connectivity index (χ1n) is 5.00. The Bertz CT molecular complexity index is 257. The van der Waals surface area contributed by atoms with Crippen LogP contribution in [0.2, 0.25) is 0 Å². The molecule has 2 aliphatic carbocycles. The lowest BCUT2D eigenvalue weighted by Crippen LogP contribution is -2.43. The van der Waals surface area contributed by atoms with E-state index in [0.29, 0.717) is 5.41 Å². The smallest absolute Gasteiger partial charge is 0.104 e. The molecule has 0 N–H and O–H groups in total. The molecule has 1 nitrogen and oxygen atoms in total. The molecular weight excluding hydrogens is 178 g/mol. The highest BCUT2D eigenvalue weighted by molar-refractivity contribution is 8.02. The Morgan fingerprint density at radius 2 is 1.77 bits per heavy atom. The Kier molecular flexibility index (Phi) is 1.77. The van der Waals surface area contributed by atoms with Crippen molar-refractivity contribution in [1.29, 1.82) is 5.26 Å². The Balaban J connectivity index is 2.00. The van der Waals surface area contributed by atoms with Crippen LogP contribution < -0.4 is 0 Å². The zero-order chi connectivity index (χ0) is 9.74. The zero-order valence-corrected chi connectivity index (χ0v) is 9.50. The average molecular weight is 195 g/mol. The molecule has 0 heterocycles. The summed E-state index contributed by atoms with van der Waals surface area (Å²) < 4.78 is 0.195. The van der Waals surface area contributed by atoms with E-state index in [4.69, 9.17) is 0 Å². The van der Waals surface area contributed by atoms with Crippen molar-refractivity contribution in [2.75, 3.05) is 0 Å². The van der Waals surface area contributed by atoms with E-state index in [2.05, 4.69) is 26.8 Å². The standard InChI is InChI=1S/C11H17NS/c1-9(2,3)13-11(8-12)6-10(7-11)4-5-10/h4-7H2,1-3H3. The molecule has 2 heteroatoms. The topological polar surface area (TPSA) is 23.8 Å². The second-order valence-corrected chi connectivity index (χ2v) is 7.88. The van der Waals surface area contributed by atoms with E-state index in [9.17, 15) is 5.26 Å². The van der Waals surface area contributed by atoms with Crippen LogP contribution in [-0.2, 0) is 0 Å². The van der Waals surface area contributed by atoms with Crippen molar-refractivity contribution >= 4 is 11.8 Å². The van der Waals surface area contributed by atoms with E-state index in [-0.39, 0.29) is 9.49 Å². The zero-order valence-electron chi connectivity index (χ0n) is 8.68. The average Bonchev–Trinajstić information content (AvgIpc) is 2.62. The van der Waals surface area contributed by atoms with Crippen LogP contribution in [0.25, 0.3) is 0 Å². The van der Waals surface area contributed by atoms with Crippen molar-refractivity contribution in [3.8, 4) is 6.07 Å². The first-order chi connectivity index (χ1) is 5.89. The normalized spacial score (nSPS) is 27.8. The minimum Gasteiger partial charge on any atom is -0.197 e. The molecule has 0 amide bonds. The SMILES string of the molecule is CC(C)(C)SC1(C#N)CC2(CC2)C1. The molecule has 2 fully saturated rings. The fourth-order valence-electron chi connectivity index (χ4n) is 2.45. The maximum Gasteiger partial charge on any atom is 0.104 e. The van der Waals surface area contributed by atoms with E-state index < -0.39 is 0 Å². The summed E-state index contributed by atoms with van der Waals surface area (Å²) >= 11 is 1.87.